The van der Waals surface area contributed by atoms with E-state index in [1.165, 1.54) is 0 Å². The van der Waals surface area contributed by atoms with Crippen LogP contribution in [0, 0.1) is 0 Å². The van der Waals surface area contributed by atoms with Gasteiger partial charge in [0.05, 0.1) is 0 Å². The Labute approximate surface area is 63.0 Å². The predicted octanol–water partition coefficient (Wildman–Crippen LogP) is 0.0211. The van der Waals surface area contributed by atoms with Gasteiger partial charge in [0.15, 0.2) is 0 Å². The third kappa shape index (κ3) is 8.48. The summed E-state index contributed by atoms with van der Waals surface area (Å²) in [6, 6.07) is 0. The van der Waals surface area contributed by atoms with E-state index in [9.17, 15) is 0 Å². The SMILES string of the molecule is CC(O)C[AsH]CC(C)O. The molecule has 0 aromatic rings. The topological polar surface area (TPSA) is 40.5 Å². The molecule has 0 aromatic carbocycles. The standard InChI is InChI=1S/C6H15AsO2/c1-5(8)3-7-4-6(2)9/h5-9H,3-4H2,1-2H3. The molecular formula is C6H15AsO2. The summed E-state index contributed by atoms with van der Waals surface area (Å²) in [6.07, 6.45) is -0.326. The van der Waals surface area contributed by atoms with E-state index in [0.717, 1.165) is 10.4 Å². The van der Waals surface area contributed by atoms with E-state index in [2.05, 4.69) is 0 Å². The molecule has 0 bridgehead atoms. The number of rotatable bonds is 4. The van der Waals surface area contributed by atoms with Crippen LogP contribution in [0.25, 0.3) is 0 Å². The predicted molar refractivity (Wildman–Crippen MR) is 40.1 cm³/mol. The summed E-state index contributed by atoms with van der Waals surface area (Å²) >= 11 is -0.0741. The third-order valence-electron chi connectivity index (χ3n) is 0.879. The number of hydrogen-bond donors (Lipinski definition) is 2. The Morgan fingerprint density at radius 3 is 1.67 bits per heavy atom. The molecule has 0 rings (SSSR count). The normalized spacial score (nSPS) is 18.7. The molecule has 0 heterocycles. The van der Waals surface area contributed by atoms with Crippen LogP contribution >= 0.6 is 0 Å². The molecule has 0 spiro atoms. The molecule has 0 aliphatic heterocycles. The van der Waals surface area contributed by atoms with Gasteiger partial charge in [0.2, 0.25) is 0 Å². The van der Waals surface area contributed by atoms with Crippen molar-refractivity contribution in [2.24, 2.45) is 0 Å². The van der Waals surface area contributed by atoms with Gasteiger partial charge in [0.25, 0.3) is 0 Å². The summed E-state index contributed by atoms with van der Waals surface area (Å²) in [5, 5.41) is 19.5. The van der Waals surface area contributed by atoms with Gasteiger partial charge in [0.1, 0.15) is 0 Å². The van der Waals surface area contributed by atoms with Gasteiger partial charge in [-0.1, -0.05) is 0 Å². The van der Waals surface area contributed by atoms with Gasteiger partial charge in [-0.25, -0.2) is 0 Å². The fraction of sp³-hybridized carbons (Fsp3) is 1.00. The molecule has 0 aliphatic rings. The van der Waals surface area contributed by atoms with Crippen molar-refractivity contribution in [1.82, 2.24) is 0 Å². The Balaban J connectivity index is 2.91. The van der Waals surface area contributed by atoms with Crippen molar-refractivity contribution in [2.45, 2.75) is 36.5 Å². The first kappa shape index (κ1) is 9.48. The van der Waals surface area contributed by atoms with E-state index in [1.54, 1.807) is 13.8 Å². The van der Waals surface area contributed by atoms with E-state index >= 15 is 0 Å². The Hall–Kier alpha value is 0.478. The van der Waals surface area contributed by atoms with Crippen molar-refractivity contribution in [3.63, 3.8) is 0 Å². The van der Waals surface area contributed by atoms with Gasteiger partial charge in [-0.15, -0.1) is 0 Å². The van der Waals surface area contributed by atoms with Gasteiger partial charge < -0.3 is 0 Å². The molecule has 0 aliphatic carbocycles. The zero-order valence-corrected chi connectivity index (χ0v) is 8.06. The molecule has 0 saturated heterocycles. The van der Waals surface area contributed by atoms with Crippen molar-refractivity contribution < 1.29 is 10.2 Å². The van der Waals surface area contributed by atoms with Gasteiger partial charge in [-0.3, -0.25) is 0 Å². The summed E-state index contributed by atoms with van der Waals surface area (Å²) in [5.41, 5.74) is 0. The minimum absolute atomic E-state index is 0.0741. The first-order chi connectivity index (χ1) is 4.13. The van der Waals surface area contributed by atoms with Crippen molar-refractivity contribution in [3.8, 4) is 0 Å². The van der Waals surface area contributed by atoms with E-state index in [4.69, 9.17) is 10.2 Å². The first-order valence-corrected chi connectivity index (χ1v) is 6.16. The monoisotopic (exact) mass is 194 g/mol. The number of aliphatic hydroxyl groups is 2. The molecular weight excluding hydrogens is 179 g/mol. The second kappa shape index (κ2) is 5.28. The van der Waals surface area contributed by atoms with Crippen LogP contribution in [0.2, 0.25) is 10.4 Å². The van der Waals surface area contributed by atoms with Crippen molar-refractivity contribution in [1.29, 1.82) is 0 Å². The van der Waals surface area contributed by atoms with Crippen LogP contribution in [0.5, 0.6) is 0 Å². The van der Waals surface area contributed by atoms with E-state index in [-0.39, 0.29) is 28.0 Å². The van der Waals surface area contributed by atoms with Crippen molar-refractivity contribution >= 4 is 15.8 Å². The Morgan fingerprint density at radius 2 is 1.44 bits per heavy atom. The van der Waals surface area contributed by atoms with Gasteiger partial charge in [-0.2, -0.15) is 0 Å². The minimum atomic E-state index is -0.163. The van der Waals surface area contributed by atoms with Crippen molar-refractivity contribution in [2.75, 3.05) is 0 Å². The second-order valence-corrected chi connectivity index (χ2v) is 5.12. The first-order valence-electron chi connectivity index (χ1n) is 3.19. The zero-order valence-electron chi connectivity index (χ0n) is 5.96. The number of aliphatic hydroxyl groups excluding tert-OH is 2. The van der Waals surface area contributed by atoms with Gasteiger partial charge in [-0.05, 0) is 0 Å². The van der Waals surface area contributed by atoms with Crippen LogP contribution in [0.15, 0.2) is 0 Å². The molecule has 56 valence electrons. The maximum atomic E-state index is 8.81. The molecule has 9 heavy (non-hydrogen) atoms. The number of hydrogen-bond acceptors (Lipinski definition) is 2. The molecule has 2 atom stereocenters. The van der Waals surface area contributed by atoms with Crippen LogP contribution in [-0.4, -0.2) is 38.2 Å². The molecule has 0 radical (unpaired) electrons. The van der Waals surface area contributed by atoms with Crippen LogP contribution in [0.1, 0.15) is 13.8 Å². The third-order valence-corrected chi connectivity index (χ3v) is 4.57. The summed E-state index contributed by atoms with van der Waals surface area (Å²) < 4.78 is 0. The Kier molecular flexibility index (Phi) is 5.56. The Morgan fingerprint density at radius 1 is 1.11 bits per heavy atom. The molecule has 0 amide bonds. The van der Waals surface area contributed by atoms with Gasteiger partial charge >= 0.3 is 62.4 Å². The fourth-order valence-corrected chi connectivity index (χ4v) is 2.60. The van der Waals surface area contributed by atoms with Gasteiger partial charge in [0, 0.05) is 0 Å². The summed E-state index contributed by atoms with van der Waals surface area (Å²) in [6.45, 7) is 3.59. The molecule has 2 N–H and O–H groups in total. The van der Waals surface area contributed by atoms with Crippen LogP contribution in [0.4, 0.5) is 0 Å². The maximum absolute atomic E-state index is 8.81. The molecule has 0 saturated carbocycles. The summed E-state index contributed by atoms with van der Waals surface area (Å²) in [7, 11) is 0. The molecule has 2 nitrogen and oxygen atoms in total. The van der Waals surface area contributed by atoms with Crippen molar-refractivity contribution in [3.05, 3.63) is 0 Å². The molecule has 2 unspecified atom stereocenters. The zero-order chi connectivity index (χ0) is 7.28. The van der Waals surface area contributed by atoms with E-state index in [0.29, 0.717) is 0 Å². The van der Waals surface area contributed by atoms with E-state index < -0.39 is 0 Å². The van der Waals surface area contributed by atoms with Crippen LogP contribution < -0.4 is 0 Å². The molecule has 0 aromatic heterocycles. The molecule has 0 fully saturated rings. The second-order valence-electron chi connectivity index (χ2n) is 2.36. The fourth-order valence-electron chi connectivity index (χ4n) is 0.501. The van der Waals surface area contributed by atoms with E-state index in [1.807, 2.05) is 0 Å². The Bertz CT molecular complexity index is 56.1. The average Bonchev–Trinajstić information content (AvgIpc) is 1.63. The quantitative estimate of drug-likeness (QED) is 0.619. The average molecular weight is 194 g/mol. The molecule has 3 heteroatoms. The van der Waals surface area contributed by atoms with Crippen LogP contribution in [0.3, 0.4) is 0 Å². The summed E-state index contributed by atoms with van der Waals surface area (Å²) in [5.74, 6) is 0. The van der Waals surface area contributed by atoms with Crippen LogP contribution in [-0.2, 0) is 0 Å². The summed E-state index contributed by atoms with van der Waals surface area (Å²) in [4.78, 5) is 0.